The Balaban J connectivity index is 2.19. The Bertz CT molecular complexity index is 917. The monoisotopic (exact) mass is 399 g/mol. The van der Waals surface area contributed by atoms with Crippen molar-refractivity contribution >= 4 is 16.0 Å². The molecule has 0 N–H and O–H groups in total. The van der Waals surface area contributed by atoms with Crippen LogP contribution in [0.15, 0.2) is 33.8 Å². The van der Waals surface area contributed by atoms with E-state index in [0.717, 1.165) is 4.31 Å². The lowest BCUT2D eigenvalue weighted by Gasteiger charge is -2.14. The number of sulfonamides is 1. The molecule has 0 aliphatic rings. The van der Waals surface area contributed by atoms with Crippen molar-refractivity contribution in [1.82, 2.24) is 4.31 Å². The molecule has 148 valence electrons. The van der Waals surface area contributed by atoms with E-state index in [1.807, 2.05) is 0 Å². The molecule has 2 rings (SSSR count). The number of benzene rings is 1. The summed E-state index contributed by atoms with van der Waals surface area (Å²) in [4.78, 5) is 12.4. The van der Waals surface area contributed by atoms with E-state index in [0.29, 0.717) is 5.75 Å². The van der Waals surface area contributed by atoms with Crippen LogP contribution in [0.3, 0.4) is 0 Å². The van der Waals surface area contributed by atoms with Gasteiger partial charge in [0.05, 0.1) is 21.3 Å². The van der Waals surface area contributed by atoms with Crippen molar-refractivity contribution in [3.8, 4) is 17.2 Å². The SMILES string of the molecule is COc1ccc(C(=O)OCc2ccc(S(=O)(=O)N(C)C)o2)c(OC)c1OC. The van der Waals surface area contributed by atoms with E-state index >= 15 is 0 Å². The quantitative estimate of drug-likeness (QED) is 0.620. The second kappa shape index (κ2) is 8.31. The van der Waals surface area contributed by atoms with Crippen LogP contribution in [0.4, 0.5) is 0 Å². The molecular weight excluding hydrogens is 378 g/mol. The second-order valence-corrected chi connectivity index (χ2v) is 7.55. The molecule has 0 unspecified atom stereocenters. The van der Waals surface area contributed by atoms with Gasteiger partial charge < -0.3 is 23.4 Å². The van der Waals surface area contributed by atoms with Crippen LogP contribution in [0.5, 0.6) is 17.2 Å². The third kappa shape index (κ3) is 4.17. The Morgan fingerprint density at radius 1 is 1.00 bits per heavy atom. The zero-order valence-electron chi connectivity index (χ0n) is 15.6. The molecule has 0 spiro atoms. The number of methoxy groups -OCH3 is 3. The summed E-state index contributed by atoms with van der Waals surface area (Å²) in [6, 6.07) is 5.75. The number of hydrogen-bond donors (Lipinski definition) is 0. The highest BCUT2D eigenvalue weighted by molar-refractivity contribution is 7.88. The molecule has 0 bridgehead atoms. The number of ether oxygens (including phenoxy) is 4. The van der Waals surface area contributed by atoms with E-state index in [4.69, 9.17) is 23.4 Å². The van der Waals surface area contributed by atoms with Gasteiger partial charge in [0, 0.05) is 14.1 Å². The van der Waals surface area contributed by atoms with Crippen LogP contribution in [0.1, 0.15) is 16.1 Å². The molecule has 27 heavy (non-hydrogen) atoms. The topological polar surface area (TPSA) is 105 Å². The molecule has 1 heterocycles. The molecule has 0 fully saturated rings. The number of hydrogen-bond acceptors (Lipinski definition) is 8. The molecule has 2 aromatic rings. The average molecular weight is 399 g/mol. The Hall–Kier alpha value is -2.72. The van der Waals surface area contributed by atoms with Gasteiger partial charge in [-0.3, -0.25) is 0 Å². The van der Waals surface area contributed by atoms with Crippen LogP contribution in [0.25, 0.3) is 0 Å². The van der Waals surface area contributed by atoms with Crippen LogP contribution in [-0.4, -0.2) is 54.1 Å². The van der Waals surface area contributed by atoms with Gasteiger partial charge in [0.15, 0.2) is 11.5 Å². The first-order valence-electron chi connectivity index (χ1n) is 7.73. The summed E-state index contributed by atoms with van der Waals surface area (Å²) < 4.78 is 51.1. The highest BCUT2D eigenvalue weighted by atomic mass is 32.2. The van der Waals surface area contributed by atoms with E-state index in [1.165, 1.54) is 53.6 Å². The molecule has 1 aromatic carbocycles. The highest BCUT2D eigenvalue weighted by Gasteiger charge is 2.24. The zero-order valence-corrected chi connectivity index (χ0v) is 16.5. The fourth-order valence-electron chi connectivity index (χ4n) is 2.23. The number of nitrogens with zero attached hydrogens (tertiary/aromatic N) is 1. The average Bonchev–Trinajstić information content (AvgIpc) is 3.14. The third-order valence-corrected chi connectivity index (χ3v) is 5.33. The molecule has 0 saturated heterocycles. The van der Waals surface area contributed by atoms with Gasteiger partial charge in [-0.05, 0) is 24.3 Å². The van der Waals surface area contributed by atoms with Gasteiger partial charge >= 0.3 is 5.97 Å². The molecule has 9 nitrogen and oxygen atoms in total. The number of rotatable bonds is 8. The Morgan fingerprint density at radius 2 is 1.67 bits per heavy atom. The Morgan fingerprint density at radius 3 is 2.22 bits per heavy atom. The first-order chi connectivity index (χ1) is 12.8. The van der Waals surface area contributed by atoms with Gasteiger partial charge in [0.25, 0.3) is 10.0 Å². The molecule has 1 aromatic heterocycles. The second-order valence-electron chi connectivity index (χ2n) is 5.47. The van der Waals surface area contributed by atoms with E-state index in [2.05, 4.69) is 0 Å². The predicted molar refractivity (Wildman–Crippen MR) is 94.8 cm³/mol. The van der Waals surface area contributed by atoms with Crippen molar-refractivity contribution in [1.29, 1.82) is 0 Å². The van der Waals surface area contributed by atoms with Crippen LogP contribution in [0, 0.1) is 0 Å². The third-order valence-electron chi connectivity index (χ3n) is 3.64. The minimum atomic E-state index is -3.70. The largest absolute Gasteiger partial charge is 0.493 e. The van der Waals surface area contributed by atoms with E-state index in [9.17, 15) is 13.2 Å². The molecule has 0 atom stereocenters. The van der Waals surface area contributed by atoms with Crippen LogP contribution in [0.2, 0.25) is 0 Å². The number of carbonyl (C=O) groups is 1. The van der Waals surface area contributed by atoms with Gasteiger partial charge in [0.1, 0.15) is 17.9 Å². The maximum absolute atomic E-state index is 12.4. The first kappa shape index (κ1) is 20.6. The fraction of sp³-hybridized carbons (Fsp3) is 0.353. The maximum Gasteiger partial charge on any atom is 0.342 e. The Kier molecular flexibility index (Phi) is 6.34. The molecule has 0 saturated carbocycles. The van der Waals surface area contributed by atoms with Crippen molar-refractivity contribution in [3.05, 3.63) is 35.6 Å². The predicted octanol–water partition coefficient (Wildman–Crippen LogP) is 1.91. The van der Waals surface area contributed by atoms with Gasteiger partial charge in [0.2, 0.25) is 10.8 Å². The molecule has 10 heteroatoms. The fourth-order valence-corrected chi connectivity index (χ4v) is 3.04. The minimum absolute atomic E-state index is 0.128. The standard InChI is InChI=1S/C17H21NO8S/c1-18(2)27(20,21)14-9-6-11(26-14)10-25-17(19)12-7-8-13(22-3)16(24-5)15(12)23-4/h6-9H,10H2,1-5H3. The van der Waals surface area contributed by atoms with Crippen molar-refractivity contribution in [2.24, 2.45) is 0 Å². The summed E-state index contributed by atoms with van der Waals surface area (Å²) in [6.07, 6.45) is 0. The zero-order chi connectivity index (χ0) is 20.2. The van der Waals surface area contributed by atoms with Crippen LogP contribution < -0.4 is 14.2 Å². The highest BCUT2D eigenvalue weighted by Crippen LogP contribution is 2.40. The van der Waals surface area contributed by atoms with E-state index in [-0.39, 0.29) is 34.5 Å². The molecule has 0 amide bonds. The summed E-state index contributed by atoms with van der Waals surface area (Å²) >= 11 is 0. The normalized spacial score (nSPS) is 11.3. The lowest BCUT2D eigenvalue weighted by Crippen LogP contribution is -2.21. The first-order valence-corrected chi connectivity index (χ1v) is 9.17. The smallest absolute Gasteiger partial charge is 0.342 e. The van der Waals surface area contributed by atoms with Crippen molar-refractivity contribution in [2.75, 3.05) is 35.4 Å². The summed E-state index contributed by atoms with van der Waals surface area (Å²) in [7, 11) is 3.35. The Labute approximate surface area is 157 Å². The van der Waals surface area contributed by atoms with Gasteiger partial charge in [-0.2, -0.15) is 0 Å². The summed E-state index contributed by atoms with van der Waals surface area (Å²) in [5, 5.41) is -0.234. The number of esters is 1. The van der Waals surface area contributed by atoms with Crippen LogP contribution in [-0.2, 0) is 21.4 Å². The van der Waals surface area contributed by atoms with Crippen molar-refractivity contribution in [2.45, 2.75) is 11.7 Å². The summed E-state index contributed by atoms with van der Waals surface area (Å²) in [6.45, 7) is -0.251. The number of furan rings is 1. The van der Waals surface area contributed by atoms with Crippen LogP contribution >= 0.6 is 0 Å². The lowest BCUT2D eigenvalue weighted by atomic mass is 10.1. The van der Waals surface area contributed by atoms with Crippen molar-refractivity contribution < 1.29 is 36.6 Å². The minimum Gasteiger partial charge on any atom is -0.493 e. The van der Waals surface area contributed by atoms with E-state index < -0.39 is 16.0 Å². The van der Waals surface area contributed by atoms with Crippen molar-refractivity contribution in [3.63, 3.8) is 0 Å². The maximum atomic E-state index is 12.4. The molecule has 0 radical (unpaired) electrons. The molecule has 0 aliphatic carbocycles. The molecular formula is C17H21NO8S. The summed E-state index contributed by atoms with van der Waals surface area (Å²) in [5.41, 5.74) is 0.128. The van der Waals surface area contributed by atoms with Gasteiger partial charge in [-0.1, -0.05) is 0 Å². The lowest BCUT2D eigenvalue weighted by molar-refractivity contribution is 0.0436. The van der Waals surface area contributed by atoms with Gasteiger partial charge in [-0.25, -0.2) is 17.5 Å². The number of carbonyl (C=O) groups excluding carboxylic acids is 1. The van der Waals surface area contributed by atoms with Gasteiger partial charge in [-0.15, -0.1) is 0 Å². The summed E-state index contributed by atoms with van der Waals surface area (Å²) in [5.74, 6) is 0.309. The van der Waals surface area contributed by atoms with E-state index in [1.54, 1.807) is 6.07 Å². The molecule has 0 aliphatic heterocycles.